The molecule has 0 aromatic heterocycles. The number of amides is 2. The lowest BCUT2D eigenvalue weighted by Gasteiger charge is -2.20. The summed E-state index contributed by atoms with van der Waals surface area (Å²) in [6, 6.07) is 9.46. The molecule has 1 N–H and O–H groups in total. The van der Waals surface area contributed by atoms with Gasteiger partial charge in [0.2, 0.25) is 11.8 Å². The molecule has 4 nitrogen and oxygen atoms in total. The highest BCUT2D eigenvalue weighted by Crippen LogP contribution is 2.19. The van der Waals surface area contributed by atoms with Crippen molar-refractivity contribution < 1.29 is 9.59 Å². The number of para-hydroxylation sites is 1. The van der Waals surface area contributed by atoms with Crippen LogP contribution in [0, 0.1) is 0 Å². The number of benzene rings is 1. The van der Waals surface area contributed by atoms with Crippen LogP contribution < -0.4 is 10.2 Å². The summed E-state index contributed by atoms with van der Waals surface area (Å²) in [7, 11) is 0. The van der Waals surface area contributed by atoms with Crippen LogP contribution in [0.4, 0.5) is 5.69 Å². The first-order chi connectivity index (χ1) is 11.2. The third kappa shape index (κ3) is 5.55. The smallest absolute Gasteiger partial charge is 0.236 e. The van der Waals surface area contributed by atoms with E-state index in [1.165, 1.54) is 18.4 Å². The van der Waals surface area contributed by atoms with Gasteiger partial charge in [-0.15, -0.1) is 0 Å². The molecule has 124 valence electrons. The molecule has 0 spiro atoms. The number of allylic oxidation sites excluding steroid dienone is 1. The Morgan fingerprint density at radius 1 is 1.17 bits per heavy atom. The van der Waals surface area contributed by atoms with Gasteiger partial charge in [0.1, 0.15) is 6.42 Å². The number of nitrogens with one attached hydrogen (secondary N) is 1. The average Bonchev–Trinajstić information content (AvgIpc) is 2.57. The number of anilines is 1. The van der Waals surface area contributed by atoms with Gasteiger partial charge < -0.3 is 10.2 Å². The average molecular weight is 314 g/mol. The summed E-state index contributed by atoms with van der Waals surface area (Å²) < 4.78 is 0. The predicted molar refractivity (Wildman–Crippen MR) is 93.3 cm³/mol. The first kappa shape index (κ1) is 17.3. The molecule has 4 heteroatoms. The van der Waals surface area contributed by atoms with Crippen LogP contribution in [0.3, 0.4) is 0 Å². The molecule has 0 bridgehead atoms. The van der Waals surface area contributed by atoms with E-state index >= 15 is 0 Å². The Hall–Kier alpha value is -2.10. The first-order valence-electron chi connectivity index (χ1n) is 8.50. The Labute approximate surface area is 138 Å². The zero-order valence-electron chi connectivity index (χ0n) is 13.9. The fourth-order valence-corrected chi connectivity index (χ4v) is 2.90. The van der Waals surface area contributed by atoms with Crippen LogP contribution >= 0.6 is 0 Å². The Kier molecular flexibility index (Phi) is 6.85. The van der Waals surface area contributed by atoms with Gasteiger partial charge in [0.25, 0.3) is 0 Å². The van der Waals surface area contributed by atoms with E-state index in [1.54, 1.807) is 4.90 Å². The highest BCUT2D eigenvalue weighted by molar-refractivity contribution is 6.04. The molecule has 1 aliphatic rings. The largest absolute Gasteiger partial charge is 0.355 e. The maximum Gasteiger partial charge on any atom is 0.236 e. The van der Waals surface area contributed by atoms with E-state index in [2.05, 4.69) is 11.4 Å². The van der Waals surface area contributed by atoms with Crippen molar-refractivity contribution in [2.24, 2.45) is 0 Å². The topological polar surface area (TPSA) is 49.4 Å². The van der Waals surface area contributed by atoms with Gasteiger partial charge in [0.05, 0.1) is 0 Å². The Bertz CT molecular complexity index is 552. The molecule has 0 radical (unpaired) electrons. The normalized spacial score (nSPS) is 14.0. The maximum absolute atomic E-state index is 12.3. The third-order valence-corrected chi connectivity index (χ3v) is 4.15. The Morgan fingerprint density at radius 2 is 1.96 bits per heavy atom. The zero-order chi connectivity index (χ0) is 16.5. The SMILES string of the molecule is CCN(C(=O)CC(=O)NCCC1=CCCCC1)c1ccccc1. The first-order valence-corrected chi connectivity index (χ1v) is 8.50. The van der Waals surface area contributed by atoms with Crippen LogP contribution in [0.2, 0.25) is 0 Å². The number of hydrogen-bond donors (Lipinski definition) is 1. The Balaban J connectivity index is 1.77. The summed E-state index contributed by atoms with van der Waals surface area (Å²) >= 11 is 0. The van der Waals surface area contributed by atoms with Crippen LogP contribution in [-0.2, 0) is 9.59 Å². The molecule has 23 heavy (non-hydrogen) atoms. The van der Waals surface area contributed by atoms with Crippen LogP contribution in [0.15, 0.2) is 42.0 Å². The van der Waals surface area contributed by atoms with Gasteiger partial charge in [-0.1, -0.05) is 29.8 Å². The van der Waals surface area contributed by atoms with E-state index < -0.39 is 0 Å². The molecule has 1 aromatic rings. The molecule has 0 heterocycles. The van der Waals surface area contributed by atoms with E-state index in [1.807, 2.05) is 37.3 Å². The molecule has 0 unspecified atom stereocenters. The van der Waals surface area contributed by atoms with Crippen molar-refractivity contribution in [2.75, 3.05) is 18.0 Å². The molecule has 0 saturated carbocycles. The quantitative estimate of drug-likeness (QED) is 0.619. The summed E-state index contributed by atoms with van der Waals surface area (Å²) in [6.07, 6.45) is 7.92. The minimum atomic E-state index is -0.194. The van der Waals surface area contributed by atoms with E-state index in [0.717, 1.165) is 24.9 Å². The lowest BCUT2D eigenvalue weighted by molar-refractivity contribution is -0.127. The lowest BCUT2D eigenvalue weighted by atomic mass is 9.97. The van der Waals surface area contributed by atoms with E-state index in [0.29, 0.717) is 13.1 Å². The van der Waals surface area contributed by atoms with Crippen LogP contribution in [0.1, 0.15) is 45.4 Å². The highest BCUT2D eigenvalue weighted by Gasteiger charge is 2.17. The lowest BCUT2D eigenvalue weighted by Crippen LogP contribution is -2.36. The number of carbonyl (C=O) groups excluding carboxylic acids is 2. The van der Waals surface area contributed by atoms with Crippen molar-refractivity contribution in [1.82, 2.24) is 5.32 Å². The predicted octanol–water partition coefficient (Wildman–Crippen LogP) is 3.44. The molecule has 2 amide bonds. The standard InChI is InChI=1S/C19H26N2O2/c1-2-21(17-11-7-4-8-12-17)19(23)15-18(22)20-14-13-16-9-5-3-6-10-16/h4,7-9,11-12H,2-3,5-6,10,13-15H2,1H3,(H,20,22). The van der Waals surface area contributed by atoms with Crippen LogP contribution in [-0.4, -0.2) is 24.9 Å². The molecule has 0 fully saturated rings. The van der Waals surface area contributed by atoms with Crippen molar-refractivity contribution in [3.8, 4) is 0 Å². The van der Waals surface area contributed by atoms with E-state index in [9.17, 15) is 9.59 Å². The summed E-state index contributed by atoms with van der Waals surface area (Å²) in [5.74, 6) is -0.353. The summed E-state index contributed by atoms with van der Waals surface area (Å²) in [6.45, 7) is 3.09. The minimum absolute atomic E-state index is 0.0955. The molecule has 1 aromatic carbocycles. The second-order valence-corrected chi connectivity index (χ2v) is 5.86. The minimum Gasteiger partial charge on any atom is -0.355 e. The van der Waals surface area contributed by atoms with Crippen molar-refractivity contribution in [3.63, 3.8) is 0 Å². The molecule has 1 aliphatic carbocycles. The monoisotopic (exact) mass is 314 g/mol. The number of carbonyl (C=O) groups is 2. The molecule has 0 aliphatic heterocycles. The van der Waals surface area contributed by atoms with Crippen molar-refractivity contribution in [2.45, 2.75) is 45.4 Å². The van der Waals surface area contributed by atoms with E-state index in [4.69, 9.17) is 0 Å². The van der Waals surface area contributed by atoms with Gasteiger partial charge >= 0.3 is 0 Å². The van der Waals surface area contributed by atoms with Crippen molar-refractivity contribution >= 4 is 17.5 Å². The highest BCUT2D eigenvalue weighted by atomic mass is 16.2. The van der Waals surface area contributed by atoms with Gasteiger partial charge in [0.15, 0.2) is 0 Å². The third-order valence-electron chi connectivity index (χ3n) is 4.15. The molecule has 0 saturated heterocycles. The van der Waals surface area contributed by atoms with Crippen LogP contribution in [0.5, 0.6) is 0 Å². The molecule has 0 atom stereocenters. The summed E-state index contributed by atoms with van der Waals surface area (Å²) in [4.78, 5) is 25.9. The second-order valence-electron chi connectivity index (χ2n) is 5.86. The second kappa shape index (κ2) is 9.13. The number of nitrogens with zero attached hydrogens (tertiary/aromatic N) is 1. The van der Waals surface area contributed by atoms with Gasteiger partial charge in [-0.3, -0.25) is 9.59 Å². The summed E-state index contributed by atoms with van der Waals surface area (Å²) in [5.41, 5.74) is 2.27. The van der Waals surface area contributed by atoms with Crippen molar-refractivity contribution in [1.29, 1.82) is 0 Å². The molecule has 2 rings (SSSR count). The molecular weight excluding hydrogens is 288 g/mol. The zero-order valence-corrected chi connectivity index (χ0v) is 13.9. The van der Waals surface area contributed by atoms with Crippen molar-refractivity contribution in [3.05, 3.63) is 42.0 Å². The fraction of sp³-hybridized carbons (Fsp3) is 0.474. The molecular formula is C19H26N2O2. The van der Waals surface area contributed by atoms with Gasteiger partial charge in [-0.2, -0.15) is 0 Å². The van der Waals surface area contributed by atoms with Crippen LogP contribution in [0.25, 0.3) is 0 Å². The van der Waals surface area contributed by atoms with Gasteiger partial charge in [0, 0.05) is 18.8 Å². The number of hydrogen-bond acceptors (Lipinski definition) is 2. The number of rotatable bonds is 7. The fourth-order valence-electron chi connectivity index (χ4n) is 2.90. The van der Waals surface area contributed by atoms with Gasteiger partial charge in [-0.05, 0) is 51.2 Å². The maximum atomic E-state index is 12.3. The summed E-state index contributed by atoms with van der Waals surface area (Å²) in [5, 5.41) is 2.86. The Morgan fingerprint density at radius 3 is 2.61 bits per heavy atom. The van der Waals surface area contributed by atoms with E-state index in [-0.39, 0.29) is 18.2 Å². The van der Waals surface area contributed by atoms with Gasteiger partial charge in [-0.25, -0.2) is 0 Å².